The van der Waals surface area contributed by atoms with Crippen molar-refractivity contribution in [2.45, 2.75) is 44.6 Å². The van der Waals surface area contributed by atoms with E-state index in [1.807, 2.05) is 11.8 Å². The summed E-state index contributed by atoms with van der Waals surface area (Å²) in [6.45, 7) is 7.70. The lowest BCUT2D eigenvalue weighted by atomic mass is 10.1. The molecule has 17 heavy (non-hydrogen) atoms. The molecular formula is C14H22BrNS. The maximum atomic E-state index is 3.67. The number of benzene rings is 1. The second-order valence-electron chi connectivity index (χ2n) is 4.21. The van der Waals surface area contributed by atoms with Crippen LogP contribution in [0.15, 0.2) is 27.6 Å². The van der Waals surface area contributed by atoms with E-state index in [2.05, 4.69) is 60.2 Å². The van der Waals surface area contributed by atoms with E-state index in [1.165, 1.54) is 33.5 Å². The largest absolute Gasteiger partial charge is 0.310 e. The van der Waals surface area contributed by atoms with Gasteiger partial charge in [-0.3, -0.25) is 0 Å². The number of hydrogen-bond acceptors (Lipinski definition) is 2. The second kappa shape index (κ2) is 8.17. The molecule has 1 N–H and O–H groups in total. The SMILES string of the molecule is CCCNC(C)c1ccc(SCCC)c(Br)c1. The monoisotopic (exact) mass is 315 g/mol. The van der Waals surface area contributed by atoms with E-state index in [4.69, 9.17) is 0 Å². The molecule has 0 fully saturated rings. The number of thioether (sulfide) groups is 1. The highest BCUT2D eigenvalue weighted by molar-refractivity contribution is 9.10. The Bertz CT molecular complexity index is 341. The predicted molar refractivity (Wildman–Crippen MR) is 81.9 cm³/mol. The summed E-state index contributed by atoms with van der Waals surface area (Å²) in [4.78, 5) is 1.35. The van der Waals surface area contributed by atoms with Crippen LogP contribution >= 0.6 is 27.7 Å². The zero-order valence-corrected chi connectivity index (χ0v) is 13.3. The average molecular weight is 316 g/mol. The molecule has 0 aliphatic carbocycles. The van der Waals surface area contributed by atoms with E-state index in [-0.39, 0.29) is 0 Å². The Hall–Kier alpha value is 0.01000. The fraction of sp³-hybridized carbons (Fsp3) is 0.571. The van der Waals surface area contributed by atoms with Crippen molar-refractivity contribution in [2.75, 3.05) is 12.3 Å². The smallest absolute Gasteiger partial charge is 0.0314 e. The highest BCUT2D eigenvalue weighted by Crippen LogP contribution is 2.30. The van der Waals surface area contributed by atoms with Crippen molar-refractivity contribution < 1.29 is 0 Å². The quantitative estimate of drug-likeness (QED) is 0.710. The van der Waals surface area contributed by atoms with Crippen LogP contribution in [0.4, 0.5) is 0 Å². The summed E-state index contributed by atoms with van der Waals surface area (Å²) in [6, 6.07) is 7.13. The van der Waals surface area contributed by atoms with Gasteiger partial charge in [0.2, 0.25) is 0 Å². The zero-order chi connectivity index (χ0) is 12.7. The Morgan fingerprint density at radius 2 is 2.06 bits per heavy atom. The fourth-order valence-corrected chi connectivity index (χ4v) is 3.12. The van der Waals surface area contributed by atoms with E-state index in [9.17, 15) is 0 Å². The van der Waals surface area contributed by atoms with Gasteiger partial charge in [0.05, 0.1) is 0 Å². The van der Waals surface area contributed by atoms with E-state index in [0.717, 1.165) is 6.54 Å². The molecule has 1 aromatic rings. The molecule has 1 nitrogen and oxygen atoms in total. The van der Waals surface area contributed by atoms with Gasteiger partial charge in [-0.05, 0) is 65.7 Å². The standard InChI is InChI=1S/C14H22BrNS/c1-4-8-16-11(3)12-6-7-14(13(15)10-12)17-9-5-2/h6-7,10-11,16H,4-5,8-9H2,1-3H3. The third-order valence-electron chi connectivity index (χ3n) is 2.62. The lowest BCUT2D eigenvalue weighted by Crippen LogP contribution is -2.19. The Balaban J connectivity index is 2.67. The topological polar surface area (TPSA) is 12.0 Å². The Morgan fingerprint density at radius 3 is 2.65 bits per heavy atom. The molecule has 0 bridgehead atoms. The van der Waals surface area contributed by atoms with Crippen molar-refractivity contribution in [2.24, 2.45) is 0 Å². The molecule has 0 saturated carbocycles. The first kappa shape index (κ1) is 15.1. The second-order valence-corrected chi connectivity index (χ2v) is 6.21. The minimum absolute atomic E-state index is 0.427. The molecule has 0 radical (unpaired) electrons. The molecule has 3 heteroatoms. The van der Waals surface area contributed by atoms with Crippen LogP contribution in [-0.2, 0) is 0 Å². The predicted octanol–water partition coefficient (Wildman–Crippen LogP) is 5.01. The van der Waals surface area contributed by atoms with Crippen LogP contribution in [0, 0.1) is 0 Å². The molecule has 0 saturated heterocycles. The third-order valence-corrected chi connectivity index (χ3v) is 4.82. The van der Waals surface area contributed by atoms with Crippen LogP contribution in [0.25, 0.3) is 0 Å². The summed E-state index contributed by atoms with van der Waals surface area (Å²) >= 11 is 5.58. The van der Waals surface area contributed by atoms with Crippen LogP contribution in [0.5, 0.6) is 0 Å². The van der Waals surface area contributed by atoms with Gasteiger partial charge in [-0.25, -0.2) is 0 Å². The zero-order valence-electron chi connectivity index (χ0n) is 10.9. The van der Waals surface area contributed by atoms with E-state index in [1.54, 1.807) is 0 Å². The Labute approximate surface area is 118 Å². The van der Waals surface area contributed by atoms with Crippen molar-refractivity contribution >= 4 is 27.7 Å². The first-order chi connectivity index (χ1) is 8.19. The number of hydrogen-bond donors (Lipinski definition) is 1. The van der Waals surface area contributed by atoms with E-state index in [0.29, 0.717) is 6.04 Å². The number of nitrogens with one attached hydrogen (secondary N) is 1. The maximum Gasteiger partial charge on any atom is 0.0314 e. The van der Waals surface area contributed by atoms with Crippen LogP contribution in [0.2, 0.25) is 0 Å². The van der Waals surface area contributed by atoms with Crippen LogP contribution in [-0.4, -0.2) is 12.3 Å². The van der Waals surface area contributed by atoms with Gasteiger partial charge in [0, 0.05) is 15.4 Å². The van der Waals surface area contributed by atoms with Crippen LogP contribution in [0.1, 0.15) is 45.2 Å². The van der Waals surface area contributed by atoms with Gasteiger partial charge in [0.1, 0.15) is 0 Å². The van der Waals surface area contributed by atoms with Crippen molar-refractivity contribution in [3.05, 3.63) is 28.2 Å². The van der Waals surface area contributed by atoms with Crippen molar-refractivity contribution in [1.82, 2.24) is 5.32 Å². The minimum Gasteiger partial charge on any atom is -0.310 e. The highest BCUT2D eigenvalue weighted by Gasteiger charge is 2.07. The maximum absolute atomic E-state index is 3.67. The van der Waals surface area contributed by atoms with Gasteiger partial charge in [0.15, 0.2) is 0 Å². The molecule has 96 valence electrons. The molecule has 0 aromatic heterocycles. The summed E-state index contributed by atoms with van der Waals surface area (Å²) in [5, 5.41) is 3.51. The third kappa shape index (κ3) is 5.02. The number of rotatable bonds is 7. The lowest BCUT2D eigenvalue weighted by Gasteiger charge is -2.15. The lowest BCUT2D eigenvalue weighted by molar-refractivity contribution is 0.570. The van der Waals surface area contributed by atoms with Gasteiger partial charge in [-0.2, -0.15) is 0 Å². The molecule has 1 unspecified atom stereocenters. The molecule has 0 heterocycles. The molecule has 1 rings (SSSR count). The molecule has 0 aliphatic heterocycles. The minimum atomic E-state index is 0.427. The fourth-order valence-electron chi connectivity index (χ4n) is 1.59. The van der Waals surface area contributed by atoms with Gasteiger partial charge < -0.3 is 5.32 Å². The van der Waals surface area contributed by atoms with Gasteiger partial charge in [-0.1, -0.05) is 19.9 Å². The highest BCUT2D eigenvalue weighted by atomic mass is 79.9. The van der Waals surface area contributed by atoms with Gasteiger partial charge in [-0.15, -0.1) is 11.8 Å². The first-order valence-corrected chi connectivity index (χ1v) is 8.12. The van der Waals surface area contributed by atoms with E-state index < -0.39 is 0 Å². The Morgan fingerprint density at radius 1 is 1.29 bits per heavy atom. The summed E-state index contributed by atoms with van der Waals surface area (Å²) in [6.07, 6.45) is 2.39. The normalized spacial score (nSPS) is 12.7. The van der Waals surface area contributed by atoms with Gasteiger partial charge >= 0.3 is 0 Å². The van der Waals surface area contributed by atoms with Crippen molar-refractivity contribution in [3.8, 4) is 0 Å². The summed E-state index contributed by atoms with van der Waals surface area (Å²) in [7, 11) is 0. The molecular weight excluding hydrogens is 294 g/mol. The number of halogens is 1. The molecule has 1 aromatic carbocycles. The van der Waals surface area contributed by atoms with Crippen molar-refractivity contribution in [1.29, 1.82) is 0 Å². The molecule has 0 aliphatic rings. The summed E-state index contributed by atoms with van der Waals surface area (Å²) < 4.78 is 1.22. The van der Waals surface area contributed by atoms with E-state index >= 15 is 0 Å². The van der Waals surface area contributed by atoms with Gasteiger partial charge in [0.25, 0.3) is 0 Å². The summed E-state index contributed by atoms with van der Waals surface area (Å²) in [5.74, 6) is 1.18. The average Bonchev–Trinajstić information content (AvgIpc) is 2.34. The first-order valence-electron chi connectivity index (χ1n) is 6.34. The Kier molecular flexibility index (Phi) is 7.24. The summed E-state index contributed by atoms with van der Waals surface area (Å²) in [5.41, 5.74) is 1.35. The van der Waals surface area contributed by atoms with Crippen LogP contribution in [0.3, 0.4) is 0 Å². The van der Waals surface area contributed by atoms with Crippen molar-refractivity contribution in [3.63, 3.8) is 0 Å². The van der Waals surface area contributed by atoms with Crippen LogP contribution < -0.4 is 5.32 Å². The molecule has 0 amide bonds. The molecule has 0 spiro atoms. The molecule has 1 atom stereocenters.